The third-order valence-corrected chi connectivity index (χ3v) is 2.47. The zero-order valence-corrected chi connectivity index (χ0v) is 11.3. The van der Waals surface area contributed by atoms with Crippen molar-refractivity contribution in [2.75, 3.05) is 0 Å². The average Bonchev–Trinajstić information content (AvgIpc) is 2.15. The van der Waals surface area contributed by atoms with E-state index in [0.717, 1.165) is 0 Å². The molecule has 1 rings (SSSR count). The maximum atomic E-state index is 10.7. The van der Waals surface area contributed by atoms with Gasteiger partial charge in [-0.2, -0.15) is 8.42 Å². The molecule has 8 nitrogen and oxygen atoms in total. The Morgan fingerprint density at radius 1 is 1.29 bits per heavy atom. The summed E-state index contributed by atoms with van der Waals surface area (Å²) in [6.45, 7) is 0. The summed E-state index contributed by atoms with van der Waals surface area (Å²) < 4.78 is 30.0. The van der Waals surface area contributed by atoms with E-state index < -0.39 is 37.2 Å². The Bertz CT molecular complexity index is 535. The molecule has 0 bridgehead atoms. The molecule has 86 valence electrons. The van der Waals surface area contributed by atoms with Crippen LogP contribution in [0.25, 0.3) is 0 Å². The van der Waals surface area contributed by atoms with Gasteiger partial charge in [-0.3, -0.25) is 14.7 Å². The quantitative estimate of drug-likeness (QED) is 0.257. The molecule has 1 aromatic rings. The smallest absolute Gasteiger partial charge is 0.545 e. The maximum Gasteiger partial charge on any atom is 1.00 e. The van der Waals surface area contributed by atoms with Gasteiger partial charge < -0.3 is 9.90 Å². The fraction of sp³-hybridized carbons (Fsp3) is 0. The van der Waals surface area contributed by atoms with Crippen LogP contribution in [0.1, 0.15) is 10.4 Å². The van der Waals surface area contributed by atoms with E-state index in [0.29, 0.717) is 18.2 Å². The number of benzene rings is 1. The van der Waals surface area contributed by atoms with Gasteiger partial charge in [0.25, 0.3) is 15.8 Å². The van der Waals surface area contributed by atoms with Crippen molar-refractivity contribution in [2.45, 2.75) is 4.90 Å². The molecule has 0 spiro atoms. The van der Waals surface area contributed by atoms with Crippen LogP contribution < -0.4 is 34.7 Å². The molecule has 0 aliphatic carbocycles. The van der Waals surface area contributed by atoms with Gasteiger partial charge in [0.05, 0.1) is 10.9 Å². The van der Waals surface area contributed by atoms with Crippen LogP contribution in [-0.4, -0.2) is 23.9 Å². The van der Waals surface area contributed by atoms with Gasteiger partial charge in [-0.25, -0.2) is 0 Å². The van der Waals surface area contributed by atoms with Gasteiger partial charge in [-0.1, -0.05) is 0 Å². The summed E-state index contributed by atoms with van der Waals surface area (Å²) in [4.78, 5) is 19.0. The van der Waals surface area contributed by atoms with Crippen molar-refractivity contribution in [3.63, 3.8) is 0 Å². The standard InChI is InChI=1S/C7H5NO7S.Na/c9-7(10)4-1-5(8(11)12)3-6(2-4)16(13,14)15;/h1-3H,(H,9,10)(H,13,14,15);/q;+1/p-1. The number of non-ortho nitro benzene ring substituents is 1. The molecule has 0 atom stereocenters. The van der Waals surface area contributed by atoms with Crippen LogP contribution >= 0.6 is 0 Å². The Balaban J connectivity index is 0.00000256. The Morgan fingerprint density at radius 2 is 1.82 bits per heavy atom. The topological polar surface area (TPSA) is 138 Å². The Morgan fingerprint density at radius 3 is 2.18 bits per heavy atom. The van der Waals surface area contributed by atoms with Crippen molar-refractivity contribution in [2.24, 2.45) is 0 Å². The molecular formula is C7H4NNaO7S. The van der Waals surface area contributed by atoms with Crippen LogP contribution in [0.2, 0.25) is 0 Å². The second-order valence-electron chi connectivity index (χ2n) is 2.74. The van der Waals surface area contributed by atoms with E-state index in [1.807, 2.05) is 0 Å². The first-order valence-electron chi connectivity index (χ1n) is 3.70. The number of carboxylic acids is 1. The molecule has 0 aromatic heterocycles. The van der Waals surface area contributed by atoms with Crippen LogP contribution in [-0.2, 0) is 10.1 Å². The molecule has 1 aromatic carbocycles. The summed E-state index contributed by atoms with van der Waals surface area (Å²) in [5, 5.41) is 20.8. The Kier molecular flexibility index (Phi) is 5.23. The first-order chi connectivity index (χ1) is 7.21. The summed E-state index contributed by atoms with van der Waals surface area (Å²) in [5.74, 6) is -1.78. The number of carbonyl (C=O) groups is 1. The van der Waals surface area contributed by atoms with E-state index in [2.05, 4.69) is 0 Å². The molecule has 0 saturated carbocycles. The van der Waals surface area contributed by atoms with Gasteiger partial charge in [-0.15, -0.1) is 0 Å². The largest absolute Gasteiger partial charge is 1.00 e. The fourth-order valence-electron chi connectivity index (χ4n) is 0.956. The van der Waals surface area contributed by atoms with Crippen LogP contribution in [0.4, 0.5) is 5.69 Å². The molecule has 0 heterocycles. The number of rotatable bonds is 3. The summed E-state index contributed by atoms with van der Waals surface area (Å²) in [5.41, 5.74) is -1.48. The van der Waals surface area contributed by atoms with Crippen molar-refractivity contribution < 1.29 is 57.4 Å². The van der Waals surface area contributed by atoms with Crippen molar-refractivity contribution in [1.29, 1.82) is 0 Å². The van der Waals surface area contributed by atoms with Crippen LogP contribution in [0.15, 0.2) is 23.1 Å². The molecule has 17 heavy (non-hydrogen) atoms. The predicted molar refractivity (Wildman–Crippen MR) is 47.2 cm³/mol. The van der Waals surface area contributed by atoms with Gasteiger partial charge in [-0.05, 0) is 6.07 Å². The Hall–Kier alpha value is -1.000. The van der Waals surface area contributed by atoms with Gasteiger partial charge in [0.1, 0.15) is 4.90 Å². The van der Waals surface area contributed by atoms with Gasteiger partial charge in [0, 0.05) is 17.7 Å². The van der Waals surface area contributed by atoms with Gasteiger partial charge >= 0.3 is 29.6 Å². The third-order valence-electron chi connectivity index (χ3n) is 1.64. The first kappa shape index (κ1) is 16.0. The zero-order chi connectivity index (χ0) is 12.5. The molecule has 0 saturated heterocycles. The minimum atomic E-state index is -4.71. The Labute approximate surface area is 117 Å². The molecule has 0 amide bonds. The summed E-state index contributed by atoms with van der Waals surface area (Å²) in [6, 6.07) is 1.74. The van der Waals surface area contributed by atoms with Crippen LogP contribution in [0, 0.1) is 10.1 Å². The normalized spacial score (nSPS) is 10.4. The third kappa shape index (κ3) is 4.06. The van der Waals surface area contributed by atoms with Crippen molar-refractivity contribution in [1.82, 2.24) is 0 Å². The second kappa shape index (κ2) is 5.56. The predicted octanol–water partition coefficient (Wildman–Crippen LogP) is -3.79. The van der Waals surface area contributed by atoms with E-state index in [4.69, 9.17) is 4.55 Å². The molecule has 0 aliphatic rings. The minimum Gasteiger partial charge on any atom is -0.545 e. The number of nitro benzene ring substituents is 1. The van der Waals surface area contributed by atoms with Crippen molar-refractivity contribution in [3.05, 3.63) is 33.9 Å². The van der Waals surface area contributed by atoms with E-state index in [-0.39, 0.29) is 29.6 Å². The second-order valence-corrected chi connectivity index (χ2v) is 4.16. The monoisotopic (exact) mass is 269 g/mol. The number of nitro groups is 1. The van der Waals surface area contributed by atoms with E-state index in [9.17, 15) is 28.4 Å². The SMILES string of the molecule is O=C([O-])c1cc([N+](=O)[O-])cc(S(=O)(=O)O)c1.[Na+]. The van der Waals surface area contributed by atoms with Crippen molar-refractivity contribution in [3.8, 4) is 0 Å². The first-order valence-corrected chi connectivity index (χ1v) is 5.14. The number of carbonyl (C=O) groups excluding carboxylic acids is 1. The summed E-state index contributed by atoms with van der Waals surface area (Å²) in [6.07, 6.45) is 0. The number of hydrogen-bond acceptors (Lipinski definition) is 6. The molecule has 0 radical (unpaired) electrons. The molecule has 10 heteroatoms. The van der Waals surface area contributed by atoms with E-state index in [1.165, 1.54) is 0 Å². The minimum absolute atomic E-state index is 0. The van der Waals surface area contributed by atoms with Crippen LogP contribution in [0.3, 0.4) is 0 Å². The molecule has 1 N–H and O–H groups in total. The average molecular weight is 269 g/mol. The van der Waals surface area contributed by atoms with Gasteiger partial charge in [0.2, 0.25) is 0 Å². The molecule has 0 unspecified atom stereocenters. The van der Waals surface area contributed by atoms with Crippen molar-refractivity contribution >= 4 is 21.8 Å². The molecular weight excluding hydrogens is 265 g/mol. The number of aromatic carboxylic acids is 1. The van der Waals surface area contributed by atoms with E-state index >= 15 is 0 Å². The zero-order valence-electron chi connectivity index (χ0n) is 8.48. The number of nitrogens with zero attached hydrogens (tertiary/aromatic N) is 1. The maximum absolute atomic E-state index is 10.7. The van der Waals surface area contributed by atoms with Crippen LogP contribution in [0.5, 0.6) is 0 Å². The number of carboxylic acid groups (broad SMARTS) is 1. The fourth-order valence-corrected chi connectivity index (χ4v) is 1.50. The van der Waals surface area contributed by atoms with Gasteiger partial charge in [0.15, 0.2) is 0 Å². The molecule has 0 aliphatic heterocycles. The molecule has 0 fully saturated rings. The summed E-state index contributed by atoms with van der Waals surface area (Å²) >= 11 is 0. The number of hydrogen-bond donors (Lipinski definition) is 1. The van der Waals surface area contributed by atoms with E-state index in [1.54, 1.807) is 0 Å². The summed E-state index contributed by atoms with van der Waals surface area (Å²) in [7, 11) is -4.71.